The monoisotopic (exact) mass is 371 g/mol. The maximum Gasteiger partial charge on any atom is 0.341 e. The van der Waals surface area contributed by atoms with Crippen molar-refractivity contribution in [2.75, 3.05) is 0 Å². The predicted octanol–water partition coefficient (Wildman–Crippen LogP) is 3.00. The van der Waals surface area contributed by atoms with Crippen molar-refractivity contribution in [3.05, 3.63) is 23.9 Å². The topological polar surface area (TPSA) is 92.1 Å². The first-order chi connectivity index (χ1) is 11.6. The molecule has 9 heteroatoms. The van der Waals surface area contributed by atoms with Gasteiger partial charge in [0.05, 0.1) is 11.6 Å². The molecule has 0 aliphatic rings. The summed E-state index contributed by atoms with van der Waals surface area (Å²) in [5, 5.41) is 11.6. The highest BCUT2D eigenvalue weighted by molar-refractivity contribution is 7.99. The largest absolute Gasteiger partial charge is 0.449 e. The Morgan fingerprint density at radius 1 is 1.40 bits per heavy atom. The molecule has 0 unspecified atom stereocenters. The number of hydrogen-bond acceptors (Lipinski definition) is 6. The number of thioether (sulfide) groups is 1. The van der Waals surface area contributed by atoms with Gasteiger partial charge < -0.3 is 10.1 Å². The molecule has 0 fully saturated rings. The molecule has 0 radical (unpaired) electrons. The Kier molecular flexibility index (Phi) is 7.30. The molecule has 1 amide bonds. The molecule has 6 nitrogen and oxygen atoms in total. The quantitative estimate of drug-likeness (QED) is 0.585. The van der Waals surface area contributed by atoms with Crippen LogP contribution in [-0.2, 0) is 9.53 Å². The smallest absolute Gasteiger partial charge is 0.341 e. The molecule has 1 rings (SSSR count). The first-order valence-corrected chi connectivity index (χ1v) is 8.32. The fourth-order valence-corrected chi connectivity index (χ4v) is 2.23. The van der Waals surface area contributed by atoms with Gasteiger partial charge in [-0.15, -0.1) is 0 Å². The Hall–Kier alpha value is -2.21. The fourth-order valence-electron chi connectivity index (χ4n) is 1.66. The standard InChI is InChI=1S/C16H19F2N3O3S/c1-9(2)16(4,8-19)21-12(22)10(3)24-14(23)11-6-5-7-20-13(11)25-15(17)18/h5-7,9-10,15H,1-4H3,(H,21,22)/t10-,16-/m0/s1. The number of rotatable bonds is 7. The van der Waals surface area contributed by atoms with Crippen LogP contribution < -0.4 is 5.32 Å². The summed E-state index contributed by atoms with van der Waals surface area (Å²) in [4.78, 5) is 28.1. The molecule has 0 aromatic carbocycles. The maximum atomic E-state index is 12.5. The van der Waals surface area contributed by atoms with Gasteiger partial charge >= 0.3 is 5.97 Å². The Labute approximate surface area is 148 Å². The van der Waals surface area contributed by atoms with E-state index >= 15 is 0 Å². The number of halogens is 2. The number of nitrogens with one attached hydrogen (secondary N) is 1. The van der Waals surface area contributed by atoms with Crippen LogP contribution >= 0.6 is 11.8 Å². The number of pyridine rings is 1. The van der Waals surface area contributed by atoms with Gasteiger partial charge in [-0.1, -0.05) is 13.8 Å². The third-order valence-electron chi connectivity index (χ3n) is 3.61. The van der Waals surface area contributed by atoms with E-state index in [4.69, 9.17) is 4.74 Å². The fraction of sp³-hybridized carbons (Fsp3) is 0.500. The predicted molar refractivity (Wildman–Crippen MR) is 88.0 cm³/mol. The van der Waals surface area contributed by atoms with E-state index in [1.807, 2.05) is 6.07 Å². The SMILES string of the molecule is CC(C)[C@](C)(C#N)NC(=O)[C@H](C)OC(=O)c1cccnc1SC(F)F. The van der Waals surface area contributed by atoms with Gasteiger partial charge in [0.2, 0.25) is 0 Å². The van der Waals surface area contributed by atoms with Gasteiger partial charge in [-0.25, -0.2) is 9.78 Å². The summed E-state index contributed by atoms with van der Waals surface area (Å²) in [5.41, 5.74) is -1.28. The molecule has 0 bridgehead atoms. The van der Waals surface area contributed by atoms with Crippen LogP contribution in [0.4, 0.5) is 8.78 Å². The summed E-state index contributed by atoms with van der Waals surface area (Å²) in [6, 6.07) is 4.71. The summed E-state index contributed by atoms with van der Waals surface area (Å²) in [6.45, 7) is 6.43. The van der Waals surface area contributed by atoms with E-state index in [1.165, 1.54) is 25.3 Å². The number of hydrogen-bond donors (Lipinski definition) is 1. The minimum absolute atomic E-state index is 0.118. The third kappa shape index (κ3) is 5.67. The van der Waals surface area contributed by atoms with Crippen LogP contribution in [0, 0.1) is 17.2 Å². The van der Waals surface area contributed by atoms with Gasteiger partial charge in [0, 0.05) is 6.20 Å². The number of nitrogens with zero attached hydrogens (tertiary/aromatic N) is 2. The summed E-state index contributed by atoms with van der Waals surface area (Å²) in [7, 11) is 0. The molecule has 1 N–H and O–H groups in total. The Balaban J connectivity index is 2.84. The van der Waals surface area contributed by atoms with Crippen LogP contribution in [0.2, 0.25) is 0 Å². The second kappa shape index (κ2) is 8.76. The van der Waals surface area contributed by atoms with Crippen molar-refractivity contribution in [1.29, 1.82) is 5.26 Å². The molecule has 0 aliphatic heterocycles. The zero-order chi connectivity index (χ0) is 19.2. The Morgan fingerprint density at radius 2 is 2.04 bits per heavy atom. The second-order valence-electron chi connectivity index (χ2n) is 5.74. The lowest BCUT2D eigenvalue weighted by Crippen LogP contribution is -2.52. The van der Waals surface area contributed by atoms with Crippen molar-refractivity contribution in [1.82, 2.24) is 10.3 Å². The highest BCUT2D eigenvalue weighted by Gasteiger charge is 2.33. The van der Waals surface area contributed by atoms with E-state index in [0.29, 0.717) is 0 Å². The normalized spacial score (nSPS) is 14.5. The first-order valence-electron chi connectivity index (χ1n) is 7.44. The van der Waals surface area contributed by atoms with Gasteiger partial charge in [-0.2, -0.15) is 14.0 Å². The van der Waals surface area contributed by atoms with Crippen molar-refractivity contribution in [3.8, 4) is 6.07 Å². The number of amides is 1. The van der Waals surface area contributed by atoms with E-state index in [1.54, 1.807) is 20.8 Å². The lowest BCUT2D eigenvalue weighted by Gasteiger charge is -2.28. The summed E-state index contributed by atoms with van der Waals surface area (Å²) in [6.07, 6.45) is 0.0713. The Morgan fingerprint density at radius 3 is 2.56 bits per heavy atom. The molecule has 136 valence electrons. The third-order valence-corrected chi connectivity index (χ3v) is 4.34. The van der Waals surface area contributed by atoms with Crippen molar-refractivity contribution >= 4 is 23.6 Å². The van der Waals surface area contributed by atoms with E-state index in [2.05, 4.69) is 10.3 Å². The number of carbonyl (C=O) groups excluding carboxylic acids is 2. The molecule has 1 aromatic rings. The zero-order valence-electron chi connectivity index (χ0n) is 14.2. The molecular formula is C16H19F2N3O3S. The molecule has 0 aliphatic carbocycles. The van der Waals surface area contributed by atoms with Crippen molar-refractivity contribution in [3.63, 3.8) is 0 Å². The average molecular weight is 371 g/mol. The minimum Gasteiger partial charge on any atom is -0.449 e. The number of aromatic nitrogens is 1. The van der Waals surface area contributed by atoms with Gasteiger partial charge in [0.25, 0.3) is 11.7 Å². The van der Waals surface area contributed by atoms with Gasteiger partial charge in [0.15, 0.2) is 6.10 Å². The van der Waals surface area contributed by atoms with E-state index in [9.17, 15) is 23.6 Å². The van der Waals surface area contributed by atoms with Gasteiger partial charge in [-0.3, -0.25) is 4.79 Å². The van der Waals surface area contributed by atoms with Crippen LogP contribution in [0.5, 0.6) is 0 Å². The maximum absolute atomic E-state index is 12.5. The molecule has 0 saturated carbocycles. The van der Waals surface area contributed by atoms with Gasteiger partial charge in [-0.05, 0) is 43.7 Å². The molecule has 0 saturated heterocycles. The van der Waals surface area contributed by atoms with E-state index in [0.717, 1.165) is 0 Å². The molecule has 1 aromatic heterocycles. The van der Waals surface area contributed by atoms with Crippen LogP contribution in [0.25, 0.3) is 0 Å². The highest BCUT2D eigenvalue weighted by Crippen LogP contribution is 2.27. The average Bonchev–Trinajstić information content (AvgIpc) is 2.54. The molecule has 25 heavy (non-hydrogen) atoms. The number of carbonyl (C=O) groups is 2. The van der Waals surface area contributed by atoms with Crippen molar-refractivity contribution in [2.24, 2.45) is 5.92 Å². The summed E-state index contributed by atoms with van der Waals surface area (Å²) < 4.78 is 30.1. The van der Waals surface area contributed by atoms with Gasteiger partial charge in [0.1, 0.15) is 10.6 Å². The first kappa shape index (κ1) is 20.8. The van der Waals surface area contributed by atoms with Crippen LogP contribution in [-0.4, -0.2) is 34.3 Å². The zero-order valence-corrected chi connectivity index (χ0v) is 15.1. The second-order valence-corrected chi connectivity index (χ2v) is 6.72. The lowest BCUT2D eigenvalue weighted by molar-refractivity contribution is -0.130. The Bertz CT molecular complexity index is 679. The number of alkyl halides is 2. The number of esters is 1. The lowest BCUT2D eigenvalue weighted by atomic mass is 9.90. The number of nitriles is 1. The highest BCUT2D eigenvalue weighted by atomic mass is 32.2. The van der Waals surface area contributed by atoms with Crippen molar-refractivity contribution in [2.45, 2.75) is 50.1 Å². The summed E-state index contributed by atoms with van der Waals surface area (Å²) >= 11 is 0.118. The van der Waals surface area contributed by atoms with E-state index < -0.39 is 29.3 Å². The van der Waals surface area contributed by atoms with E-state index in [-0.39, 0.29) is 28.3 Å². The molecule has 0 spiro atoms. The van der Waals surface area contributed by atoms with Crippen molar-refractivity contribution < 1.29 is 23.1 Å². The van der Waals surface area contributed by atoms with Crippen LogP contribution in [0.1, 0.15) is 38.1 Å². The molecule has 1 heterocycles. The number of ether oxygens (including phenoxy) is 1. The van der Waals surface area contributed by atoms with Crippen LogP contribution in [0.15, 0.2) is 23.4 Å². The van der Waals surface area contributed by atoms with Crippen LogP contribution in [0.3, 0.4) is 0 Å². The molecule has 2 atom stereocenters. The summed E-state index contributed by atoms with van der Waals surface area (Å²) in [5.74, 6) is -4.51. The molecular weight excluding hydrogens is 352 g/mol. The minimum atomic E-state index is -2.75.